The maximum Gasteiger partial charge on any atom is 0.0641 e. The Hall–Kier alpha value is -6.84. The molecule has 0 atom stereocenters. The van der Waals surface area contributed by atoms with E-state index in [0.717, 1.165) is 22.7 Å². The van der Waals surface area contributed by atoms with Crippen LogP contribution in [0.5, 0.6) is 0 Å². The van der Waals surface area contributed by atoms with E-state index in [4.69, 9.17) is 0 Å². The quantitative estimate of drug-likeness (QED) is 0.179. The summed E-state index contributed by atoms with van der Waals surface area (Å²) in [6.07, 6.45) is 0. The van der Waals surface area contributed by atoms with Crippen LogP contribution in [-0.2, 0) is 5.41 Å². The predicted octanol–water partition coefficient (Wildman–Crippen LogP) is 13.7. The van der Waals surface area contributed by atoms with Crippen LogP contribution in [-0.4, -0.2) is 8.97 Å². The molecule has 0 unspecified atom stereocenters. The summed E-state index contributed by atoms with van der Waals surface area (Å²) in [4.78, 5) is 2.39. The van der Waals surface area contributed by atoms with Crippen LogP contribution in [0.4, 0.5) is 17.1 Å². The van der Waals surface area contributed by atoms with E-state index >= 15 is 0 Å². The molecule has 1 aliphatic carbocycles. The molecule has 0 bridgehead atoms. The third-order valence-corrected chi connectivity index (χ3v) is 12.2. The molecule has 0 spiro atoms. The minimum Gasteiger partial charge on any atom is -0.310 e. The number of nitrogens with zero attached hydrogens (tertiary/aromatic N) is 3. The van der Waals surface area contributed by atoms with Crippen LogP contribution < -0.4 is 4.90 Å². The van der Waals surface area contributed by atoms with E-state index in [9.17, 15) is 0 Å². The minimum atomic E-state index is -0.0796. The molecule has 8 aromatic carbocycles. The van der Waals surface area contributed by atoms with Crippen LogP contribution in [0, 0.1) is 0 Å². The van der Waals surface area contributed by atoms with E-state index < -0.39 is 0 Å². The summed E-state index contributed by atoms with van der Waals surface area (Å²) in [7, 11) is 0. The Kier molecular flexibility index (Phi) is 5.84. The Morgan fingerprint density at radius 1 is 0.407 bits per heavy atom. The van der Waals surface area contributed by atoms with E-state index in [0.29, 0.717) is 0 Å². The third kappa shape index (κ3) is 3.80. The van der Waals surface area contributed by atoms with Crippen molar-refractivity contribution in [2.75, 3.05) is 4.90 Å². The highest BCUT2D eigenvalue weighted by molar-refractivity contribution is 6.33. The summed E-state index contributed by atoms with van der Waals surface area (Å²) >= 11 is 0. The van der Waals surface area contributed by atoms with Gasteiger partial charge in [0.25, 0.3) is 0 Å². The predicted molar refractivity (Wildman–Crippen MR) is 228 cm³/mol. The molecule has 3 heteroatoms. The molecule has 254 valence electrons. The topological polar surface area (TPSA) is 12.6 Å². The number of benzene rings is 8. The van der Waals surface area contributed by atoms with Crippen molar-refractivity contribution in [1.29, 1.82) is 0 Å². The van der Waals surface area contributed by atoms with Gasteiger partial charge in [-0.15, -0.1) is 0 Å². The third-order valence-electron chi connectivity index (χ3n) is 12.2. The molecule has 1 aliphatic rings. The summed E-state index contributed by atoms with van der Waals surface area (Å²) in [5.41, 5.74) is 16.1. The van der Waals surface area contributed by atoms with Crippen molar-refractivity contribution < 1.29 is 0 Å². The molecular weight excluding hydrogens is 655 g/mol. The lowest BCUT2D eigenvalue weighted by Gasteiger charge is -2.28. The first-order chi connectivity index (χ1) is 26.6. The molecule has 54 heavy (non-hydrogen) atoms. The zero-order chi connectivity index (χ0) is 35.7. The van der Waals surface area contributed by atoms with Crippen LogP contribution in [0.3, 0.4) is 0 Å². The van der Waals surface area contributed by atoms with Gasteiger partial charge in [-0.05, 0) is 100 Å². The minimum absolute atomic E-state index is 0.0796. The molecule has 11 aromatic rings. The van der Waals surface area contributed by atoms with Crippen molar-refractivity contribution in [3.63, 3.8) is 0 Å². The number of rotatable bonds is 4. The van der Waals surface area contributed by atoms with E-state index in [-0.39, 0.29) is 5.41 Å². The summed E-state index contributed by atoms with van der Waals surface area (Å²) in [5.74, 6) is 0. The normalized spacial score (nSPS) is 13.5. The average molecular weight is 690 g/mol. The van der Waals surface area contributed by atoms with Crippen molar-refractivity contribution in [1.82, 2.24) is 8.97 Å². The van der Waals surface area contributed by atoms with Gasteiger partial charge in [0.1, 0.15) is 0 Å². The number of para-hydroxylation sites is 3. The molecule has 0 radical (unpaired) electrons. The Morgan fingerprint density at radius 2 is 1.00 bits per heavy atom. The Balaban J connectivity index is 1.08. The molecule has 0 N–H and O–H groups in total. The zero-order valence-electron chi connectivity index (χ0n) is 30.1. The Morgan fingerprint density at radius 3 is 1.80 bits per heavy atom. The molecule has 0 amide bonds. The van der Waals surface area contributed by atoms with Crippen LogP contribution in [0.25, 0.3) is 76.7 Å². The Labute approximate surface area is 312 Å². The maximum atomic E-state index is 2.50. The molecule has 0 fully saturated rings. The number of fused-ring (bicyclic) bond motifs is 9. The van der Waals surface area contributed by atoms with E-state index in [1.807, 2.05) is 0 Å². The number of anilines is 3. The fourth-order valence-electron chi connectivity index (χ4n) is 9.85. The van der Waals surface area contributed by atoms with Gasteiger partial charge in [0.2, 0.25) is 0 Å². The first-order valence-electron chi connectivity index (χ1n) is 18.9. The first kappa shape index (κ1) is 29.7. The van der Waals surface area contributed by atoms with E-state index in [2.05, 4.69) is 204 Å². The molecule has 0 saturated carbocycles. The SMILES string of the molecule is CC1(C)c2ccccc2-c2ccc(N(c3ccccc3)c3ccc(-n4c5cccc6c7ccccc7n7c8ccccc8c8ccc4c(c65)c87)cc3)cc21. The molecule has 12 rings (SSSR count). The Bertz CT molecular complexity index is 3290. The maximum absolute atomic E-state index is 2.50. The first-order valence-corrected chi connectivity index (χ1v) is 18.9. The highest BCUT2D eigenvalue weighted by Crippen LogP contribution is 2.51. The summed E-state index contributed by atoms with van der Waals surface area (Å²) < 4.78 is 4.97. The highest BCUT2D eigenvalue weighted by Gasteiger charge is 2.35. The van der Waals surface area contributed by atoms with Gasteiger partial charge < -0.3 is 13.9 Å². The molecule has 3 aromatic heterocycles. The van der Waals surface area contributed by atoms with E-state index in [1.54, 1.807) is 0 Å². The van der Waals surface area contributed by atoms with Crippen molar-refractivity contribution in [3.05, 3.63) is 187 Å². The zero-order valence-corrected chi connectivity index (χ0v) is 30.1. The van der Waals surface area contributed by atoms with Crippen LogP contribution in [0.15, 0.2) is 176 Å². The van der Waals surface area contributed by atoms with Crippen molar-refractivity contribution in [2.45, 2.75) is 19.3 Å². The van der Waals surface area contributed by atoms with E-state index in [1.165, 1.54) is 82.2 Å². The van der Waals surface area contributed by atoms with Gasteiger partial charge in [0, 0.05) is 55.1 Å². The summed E-state index contributed by atoms with van der Waals surface area (Å²) in [5, 5.41) is 7.73. The fourth-order valence-corrected chi connectivity index (χ4v) is 9.85. The van der Waals surface area contributed by atoms with Crippen LogP contribution >= 0.6 is 0 Å². The van der Waals surface area contributed by atoms with Crippen LogP contribution in [0.1, 0.15) is 25.0 Å². The molecule has 0 saturated heterocycles. The lowest BCUT2D eigenvalue weighted by molar-refractivity contribution is 0.660. The molecular formula is C51H35N3. The largest absolute Gasteiger partial charge is 0.310 e. The van der Waals surface area contributed by atoms with Gasteiger partial charge in [-0.3, -0.25) is 0 Å². The van der Waals surface area contributed by atoms with Gasteiger partial charge in [0.15, 0.2) is 0 Å². The van der Waals surface area contributed by atoms with Crippen molar-refractivity contribution in [2.24, 2.45) is 0 Å². The van der Waals surface area contributed by atoms with Gasteiger partial charge in [-0.1, -0.05) is 117 Å². The second-order valence-corrected chi connectivity index (χ2v) is 15.3. The van der Waals surface area contributed by atoms with Gasteiger partial charge >= 0.3 is 0 Å². The molecule has 3 heterocycles. The van der Waals surface area contributed by atoms with Crippen LogP contribution in [0.2, 0.25) is 0 Å². The van der Waals surface area contributed by atoms with Gasteiger partial charge in [-0.2, -0.15) is 0 Å². The average Bonchev–Trinajstić information content (AvgIpc) is 3.78. The lowest BCUT2D eigenvalue weighted by Crippen LogP contribution is -2.16. The van der Waals surface area contributed by atoms with Gasteiger partial charge in [-0.25, -0.2) is 0 Å². The number of hydrogen-bond acceptors (Lipinski definition) is 1. The van der Waals surface area contributed by atoms with Crippen molar-refractivity contribution in [3.8, 4) is 16.8 Å². The van der Waals surface area contributed by atoms with Gasteiger partial charge in [0.05, 0.1) is 27.6 Å². The highest BCUT2D eigenvalue weighted by atomic mass is 15.1. The molecule has 3 nitrogen and oxygen atoms in total. The second-order valence-electron chi connectivity index (χ2n) is 15.3. The fraction of sp³-hybridized carbons (Fsp3) is 0.0588. The summed E-state index contributed by atoms with van der Waals surface area (Å²) in [6, 6.07) is 65.0. The monoisotopic (exact) mass is 689 g/mol. The number of aromatic nitrogens is 2. The number of hydrogen-bond donors (Lipinski definition) is 0. The smallest absolute Gasteiger partial charge is 0.0641 e. The standard InChI is InChI=1S/C51H35N3/c1-51(2)42-19-9-6-15-36(42)37-28-27-35(31-43(37)51)52(32-13-4-3-5-14-32)33-23-25-34(26-24-33)53-46-22-12-18-40-38-16-7-10-20-44(38)54-45-21-11-8-17-39(45)41-29-30-47(53)49(48(40)46)50(41)54/h3-31H,1-2H3. The summed E-state index contributed by atoms with van der Waals surface area (Å²) in [6.45, 7) is 4.70. The molecule has 0 aliphatic heterocycles. The second kappa shape index (κ2) is 10.6. The lowest BCUT2D eigenvalue weighted by atomic mass is 9.82. The van der Waals surface area contributed by atoms with Crippen molar-refractivity contribution >= 4 is 77.0 Å².